The molecule has 0 aliphatic heterocycles. The number of carbonyl (C=O) groups excluding carboxylic acids is 3. The van der Waals surface area contributed by atoms with E-state index in [0.29, 0.717) is 17.8 Å². The number of aromatic amines is 3. The van der Waals surface area contributed by atoms with Gasteiger partial charge >= 0.3 is 5.97 Å². The van der Waals surface area contributed by atoms with Gasteiger partial charge in [0.15, 0.2) is 0 Å². The summed E-state index contributed by atoms with van der Waals surface area (Å²) in [6, 6.07) is 3.05. The van der Waals surface area contributed by atoms with Crippen LogP contribution in [0.2, 0.25) is 0 Å². The Morgan fingerprint density at radius 1 is 0.814 bits per heavy atom. The van der Waals surface area contributed by atoms with Gasteiger partial charge in [0.05, 0.1) is 18.7 Å². The first kappa shape index (κ1) is 31.0. The van der Waals surface area contributed by atoms with Crippen molar-refractivity contribution in [2.24, 2.45) is 11.7 Å². The predicted octanol–water partition coefficient (Wildman–Crippen LogP) is 0.554. The largest absolute Gasteiger partial charge is 0.480 e. The third kappa shape index (κ3) is 8.52. The van der Waals surface area contributed by atoms with Crippen LogP contribution in [0.5, 0.6) is 0 Å². The van der Waals surface area contributed by atoms with E-state index >= 15 is 0 Å². The van der Waals surface area contributed by atoms with Crippen LogP contribution in [0.4, 0.5) is 0 Å². The lowest BCUT2D eigenvalue weighted by Crippen LogP contribution is -2.58. The third-order valence-corrected chi connectivity index (χ3v) is 7.00. The van der Waals surface area contributed by atoms with Gasteiger partial charge in [-0.15, -0.1) is 0 Å². The van der Waals surface area contributed by atoms with Crippen molar-refractivity contribution >= 4 is 34.6 Å². The Labute approximate surface area is 247 Å². The molecule has 1 aromatic carbocycles. The number of amides is 3. The number of H-pyrrole nitrogens is 3. The minimum Gasteiger partial charge on any atom is -0.480 e. The maximum atomic E-state index is 13.6. The number of carboxylic acid groups (broad SMARTS) is 1. The summed E-state index contributed by atoms with van der Waals surface area (Å²) >= 11 is 0. The third-order valence-electron chi connectivity index (χ3n) is 7.00. The fraction of sp³-hybridized carbons (Fsp3) is 0.379. The number of nitrogens with one attached hydrogen (secondary N) is 6. The van der Waals surface area contributed by atoms with Gasteiger partial charge in [0, 0.05) is 60.1 Å². The number of rotatable bonds is 15. The van der Waals surface area contributed by atoms with Crippen LogP contribution in [0, 0.1) is 5.92 Å². The van der Waals surface area contributed by atoms with E-state index in [0.717, 1.165) is 16.5 Å². The highest BCUT2D eigenvalue weighted by Gasteiger charge is 2.31. The number of benzene rings is 1. The van der Waals surface area contributed by atoms with Crippen molar-refractivity contribution in [1.29, 1.82) is 0 Å². The summed E-state index contributed by atoms with van der Waals surface area (Å²) in [5.74, 6) is -2.93. The first-order valence-electron chi connectivity index (χ1n) is 14.0. The number of imidazole rings is 2. The van der Waals surface area contributed by atoms with Crippen LogP contribution in [0.25, 0.3) is 10.9 Å². The minimum atomic E-state index is -1.28. The zero-order chi connectivity index (χ0) is 30.9. The second-order valence-electron chi connectivity index (χ2n) is 10.9. The molecular weight excluding hydrogens is 554 g/mol. The van der Waals surface area contributed by atoms with Gasteiger partial charge in [0.25, 0.3) is 0 Å². The average Bonchev–Trinajstić information content (AvgIpc) is 3.74. The molecule has 4 aromatic rings. The molecule has 3 amide bonds. The van der Waals surface area contributed by atoms with E-state index in [2.05, 4.69) is 40.9 Å². The summed E-state index contributed by atoms with van der Waals surface area (Å²) in [5.41, 5.74) is 8.74. The Morgan fingerprint density at radius 2 is 1.37 bits per heavy atom. The van der Waals surface area contributed by atoms with Crippen LogP contribution in [0.1, 0.15) is 37.2 Å². The Bertz CT molecular complexity index is 1510. The molecule has 0 bridgehead atoms. The van der Waals surface area contributed by atoms with Crippen LogP contribution in [-0.4, -0.2) is 77.9 Å². The van der Waals surface area contributed by atoms with Gasteiger partial charge in [-0.05, 0) is 24.0 Å². The number of aromatic nitrogens is 5. The molecule has 3 heterocycles. The van der Waals surface area contributed by atoms with E-state index in [4.69, 9.17) is 5.73 Å². The number of aliphatic carboxylic acids is 1. The van der Waals surface area contributed by atoms with Crippen molar-refractivity contribution in [3.63, 3.8) is 0 Å². The lowest BCUT2D eigenvalue weighted by atomic mass is 10.0. The smallest absolute Gasteiger partial charge is 0.326 e. The van der Waals surface area contributed by atoms with Crippen LogP contribution in [0.15, 0.2) is 55.5 Å². The van der Waals surface area contributed by atoms with E-state index in [-0.39, 0.29) is 25.2 Å². The van der Waals surface area contributed by atoms with Crippen LogP contribution in [-0.2, 0) is 38.4 Å². The van der Waals surface area contributed by atoms with Crippen molar-refractivity contribution in [2.45, 2.75) is 63.7 Å². The number of nitrogens with two attached hydrogens (primary N) is 1. The molecule has 4 atom stereocenters. The lowest BCUT2D eigenvalue weighted by molar-refractivity contribution is -0.142. The first-order valence-corrected chi connectivity index (χ1v) is 14.0. The van der Waals surface area contributed by atoms with Crippen molar-refractivity contribution in [3.05, 3.63) is 72.5 Å². The Morgan fingerprint density at radius 3 is 1.91 bits per heavy atom. The number of fused-ring (bicyclic) bond motifs is 1. The summed E-state index contributed by atoms with van der Waals surface area (Å²) < 4.78 is 0. The molecule has 0 fully saturated rings. The number of carboxylic acids is 1. The van der Waals surface area contributed by atoms with Crippen molar-refractivity contribution < 1.29 is 24.3 Å². The highest BCUT2D eigenvalue weighted by Crippen LogP contribution is 2.19. The van der Waals surface area contributed by atoms with E-state index in [1.807, 2.05) is 38.1 Å². The van der Waals surface area contributed by atoms with Gasteiger partial charge in [0.2, 0.25) is 17.7 Å². The van der Waals surface area contributed by atoms with Crippen LogP contribution in [0.3, 0.4) is 0 Å². The summed E-state index contributed by atoms with van der Waals surface area (Å²) in [4.78, 5) is 69.1. The van der Waals surface area contributed by atoms with Gasteiger partial charge in [-0.3, -0.25) is 14.4 Å². The molecule has 0 saturated carbocycles. The van der Waals surface area contributed by atoms with Crippen molar-refractivity contribution in [3.8, 4) is 0 Å². The van der Waals surface area contributed by atoms with E-state index in [9.17, 15) is 24.3 Å². The molecule has 228 valence electrons. The van der Waals surface area contributed by atoms with E-state index < -0.39 is 47.9 Å². The molecular formula is C29H37N9O5. The predicted molar refractivity (Wildman–Crippen MR) is 157 cm³/mol. The average molecular weight is 592 g/mol. The molecule has 0 aliphatic carbocycles. The molecule has 9 N–H and O–H groups in total. The zero-order valence-electron chi connectivity index (χ0n) is 24.0. The number of carbonyl (C=O) groups is 4. The Hall–Kier alpha value is -4.98. The monoisotopic (exact) mass is 591 g/mol. The fourth-order valence-corrected chi connectivity index (χ4v) is 4.81. The van der Waals surface area contributed by atoms with Gasteiger partial charge < -0.3 is 41.7 Å². The standard InChI is InChI=1S/C29H37N9O5/c1-16(2)7-21(30)26(39)36-23(9-18-12-31-14-34-18)27(40)37-24(10-19-13-32-15-35-19)28(41)38-25(29(42)43)8-17-11-33-22-6-4-3-5-20(17)22/h3-6,11-16,21,23-25,33H,7-10,30H2,1-2H3,(H,31,34)(H,32,35)(H,36,39)(H,37,40)(H,38,41)(H,42,43). The molecule has 0 radical (unpaired) electrons. The molecule has 3 aromatic heterocycles. The SMILES string of the molecule is CC(C)CC(N)C(=O)NC(Cc1cnc[nH]1)C(=O)NC(Cc1cnc[nH]1)C(=O)NC(Cc1c[nH]c2ccccc12)C(=O)O. The van der Waals surface area contributed by atoms with E-state index in [1.165, 1.54) is 25.0 Å². The van der Waals surface area contributed by atoms with E-state index in [1.54, 1.807) is 6.20 Å². The van der Waals surface area contributed by atoms with Crippen molar-refractivity contribution in [2.75, 3.05) is 0 Å². The number of para-hydroxylation sites is 1. The molecule has 14 heteroatoms. The Balaban J connectivity index is 1.52. The second kappa shape index (κ2) is 14.3. The van der Waals surface area contributed by atoms with Gasteiger partial charge in [-0.25, -0.2) is 14.8 Å². The maximum Gasteiger partial charge on any atom is 0.326 e. The molecule has 0 aliphatic rings. The Kier molecular flexibility index (Phi) is 10.3. The second-order valence-corrected chi connectivity index (χ2v) is 10.9. The quantitative estimate of drug-likeness (QED) is 0.0972. The van der Waals surface area contributed by atoms with Crippen molar-refractivity contribution in [1.82, 2.24) is 40.9 Å². The maximum absolute atomic E-state index is 13.6. The summed E-state index contributed by atoms with van der Waals surface area (Å²) in [5, 5.41) is 18.8. The molecule has 14 nitrogen and oxygen atoms in total. The van der Waals surface area contributed by atoms with Gasteiger partial charge in [0.1, 0.15) is 18.1 Å². The van der Waals surface area contributed by atoms with Gasteiger partial charge in [-0.1, -0.05) is 32.0 Å². The summed E-state index contributed by atoms with van der Waals surface area (Å²) in [7, 11) is 0. The molecule has 4 unspecified atom stereocenters. The van der Waals surface area contributed by atoms with Gasteiger partial charge in [-0.2, -0.15) is 0 Å². The van der Waals surface area contributed by atoms with Crippen LogP contribution < -0.4 is 21.7 Å². The normalized spacial score (nSPS) is 14.1. The minimum absolute atomic E-state index is 0.00537. The molecule has 43 heavy (non-hydrogen) atoms. The number of hydrogen-bond acceptors (Lipinski definition) is 7. The first-order chi connectivity index (χ1) is 20.6. The summed E-state index contributed by atoms with van der Waals surface area (Å²) in [6.45, 7) is 3.87. The number of nitrogens with zero attached hydrogens (tertiary/aromatic N) is 2. The molecule has 0 spiro atoms. The zero-order valence-corrected chi connectivity index (χ0v) is 24.0. The topological polar surface area (TPSA) is 224 Å². The van der Waals surface area contributed by atoms with Crippen LogP contribution >= 0.6 is 0 Å². The molecule has 4 rings (SSSR count). The highest BCUT2D eigenvalue weighted by molar-refractivity contribution is 5.94. The summed E-state index contributed by atoms with van der Waals surface area (Å²) in [6.07, 6.45) is 8.11. The fourth-order valence-electron chi connectivity index (χ4n) is 4.81. The highest BCUT2D eigenvalue weighted by atomic mass is 16.4. The number of hydrogen-bond donors (Lipinski definition) is 8. The lowest BCUT2D eigenvalue weighted by Gasteiger charge is -2.25. The molecule has 0 saturated heterocycles.